The summed E-state index contributed by atoms with van der Waals surface area (Å²) in [5.74, 6) is -0.162. The van der Waals surface area contributed by atoms with Crippen LogP contribution in [0.1, 0.15) is 35.6 Å². The lowest BCUT2D eigenvalue weighted by Crippen LogP contribution is -2.19. The Kier molecular flexibility index (Phi) is 8.04. The predicted molar refractivity (Wildman–Crippen MR) is 120 cm³/mol. The minimum atomic E-state index is -5.00. The number of rotatable bonds is 7. The standard InChI is InChI=1S/C23H20F6N2O3S/c1-3-8-30-21-31-20(32)19(35-21)10-13-4-7-17(18(9-13)33-2)34-12-14-5-6-15(22(24,25)26)11-16(14)23(27,28)29/h4-7,9-11H,3,8,12H2,1-2H3,(H,30,31,32)/b19-10+. The molecule has 2 aromatic carbocycles. The largest absolute Gasteiger partial charge is 0.493 e. The number of hydrogen-bond donors (Lipinski definition) is 1. The van der Waals surface area contributed by atoms with E-state index in [9.17, 15) is 31.1 Å². The smallest absolute Gasteiger partial charge is 0.416 e. The first-order valence-electron chi connectivity index (χ1n) is 10.3. The molecule has 5 nitrogen and oxygen atoms in total. The molecule has 188 valence electrons. The molecule has 0 atom stereocenters. The van der Waals surface area contributed by atoms with Gasteiger partial charge in [-0.15, -0.1) is 0 Å². The maximum absolute atomic E-state index is 13.4. The molecule has 1 heterocycles. The van der Waals surface area contributed by atoms with Gasteiger partial charge in [0.25, 0.3) is 5.91 Å². The molecule has 1 aliphatic heterocycles. The fourth-order valence-electron chi connectivity index (χ4n) is 3.06. The first kappa shape index (κ1) is 26.5. The van der Waals surface area contributed by atoms with Crippen molar-refractivity contribution in [2.75, 3.05) is 13.7 Å². The molecule has 2 aromatic rings. The van der Waals surface area contributed by atoms with Crippen molar-refractivity contribution in [1.29, 1.82) is 0 Å². The Morgan fingerprint density at radius 3 is 2.40 bits per heavy atom. The molecule has 0 aliphatic carbocycles. The number of ether oxygens (including phenoxy) is 2. The van der Waals surface area contributed by atoms with Gasteiger partial charge in [-0.1, -0.05) is 19.1 Å². The second-order valence-corrected chi connectivity index (χ2v) is 8.36. The monoisotopic (exact) mass is 518 g/mol. The summed E-state index contributed by atoms with van der Waals surface area (Å²) >= 11 is 1.18. The summed E-state index contributed by atoms with van der Waals surface area (Å²) in [4.78, 5) is 16.4. The van der Waals surface area contributed by atoms with Gasteiger partial charge in [0, 0.05) is 12.1 Å². The summed E-state index contributed by atoms with van der Waals surface area (Å²) in [6.45, 7) is 2.00. The lowest BCUT2D eigenvalue weighted by Gasteiger charge is -2.17. The van der Waals surface area contributed by atoms with Crippen molar-refractivity contribution in [3.63, 3.8) is 0 Å². The molecule has 0 saturated heterocycles. The van der Waals surface area contributed by atoms with E-state index in [0.717, 1.165) is 12.5 Å². The second-order valence-electron chi connectivity index (χ2n) is 7.33. The van der Waals surface area contributed by atoms with Crippen LogP contribution < -0.4 is 14.8 Å². The van der Waals surface area contributed by atoms with Crippen LogP contribution in [0.5, 0.6) is 11.5 Å². The van der Waals surface area contributed by atoms with Crippen LogP contribution in [0.2, 0.25) is 0 Å². The van der Waals surface area contributed by atoms with Crippen molar-refractivity contribution in [2.24, 2.45) is 4.99 Å². The zero-order chi connectivity index (χ0) is 25.8. The summed E-state index contributed by atoms with van der Waals surface area (Å²) in [5.41, 5.74) is -2.74. The Hall–Kier alpha value is -3.15. The number of halogens is 6. The Labute approximate surface area is 201 Å². The lowest BCUT2D eigenvalue weighted by atomic mass is 10.0. The summed E-state index contributed by atoms with van der Waals surface area (Å²) in [6.07, 6.45) is -7.47. The van der Waals surface area contributed by atoms with Gasteiger partial charge in [0.15, 0.2) is 16.7 Å². The highest BCUT2D eigenvalue weighted by atomic mass is 32.2. The first-order valence-corrected chi connectivity index (χ1v) is 11.1. The quantitative estimate of drug-likeness (QED) is 0.345. The van der Waals surface area contributed by atoms with Crippen molar-refractivity contribution >= 4 is 28.9 Å². The van der Waals surface area contributed by atoms with Crippen molar-refractivity contribution in [3.8, 4) is 11.5 Å². The van der Waals surface area contributed by atoms with E-state index in [-0.39, 0.29) is 17.6 Å². The van der Waals surface area contributed by atoms with Crippen molar-refractivity contribution in [3.05, 3.63) is 63.6 Å². The number of benzene rings is 2. The Balaban J connectivity index is 1.79. The number of methoxy groups -OCH3 is 1. The third-order valence-corrected chi connectivity index (χ3v) is 5.70. The molecule has 0 aromatic heterocycles. The number of carbonyl (C=O) groups excluding carboxylic acids is 1. The fraction of sp³-hybridized carbons (Fsp3) is 0.304. The molecule has 1 amide bonds. The Bertz CT molecular complexity index is 1160. The van der Waals surface area contributed by atoms with Crippen LogP contribution in [-0.2, 0) is 23.8 Å². The van der Waals surface area contributed by atoms with Gasteiger partial charge in [-0.3, -0.25) is 4.79 Å². The fourth-order valence-corrected chi connectivity index (χ4v) is 3.90. The maximum atomic E-state index is 13.4. The highest BCUT2D eigenvalue weighted by molar-refractivity contribution is 8.18. The molecule has 1 aliphatic rings. The highest BCUT2D eigenvalue weighted by Gasteiger charge is 2.38. The van der Waals surface area contributed by atoms with Crippen LogP contribution in [-0.4, -0.2) is 24.7 Å². The van der Waals surface area contributed by atoms with Gasteiger partial charge >= 0.3 is 12.4 Å². The molecule has 12 heteroatoms. The third-order valence-electron chi connectivity index (χ3n) is 4.76. The molecule has 0 fully saturated rings. The molecule has 1 N–H and O–H groups in total. The van der Waals surface area contributed by atoms with Crippen LogP contribution in [0.3, 0.4) is 0 Å². The van der Waals surface area contributed by atoms with Gasteiger partial charge in [-0.25, -0.2) is 0 Å². The van der Waals surface area contributed by atoms with E-state index in [1.807, 2.05) is 6.92 Å². The lowest BCUT2D eigenvalue weighted by molar-refractivity contribution is -0.143. The number of nitrogens with one attached hydrogen (secondary N) is 1. The zero-order valence-electron chi connectivity index (χ0n) is 18.5. The van der Waals surface area contributed by atoms with Gasteiger partial charge in [-0.2, -0.15) is 31.3 Å². The van der Waals surface area contributed by atoms with Gasteiger partial charge in [0.05, 0.1) is 23.1 Å². The first-order chi connectivity index (χ1) is 16.4. The topological polar surface area (TPSA) is 59.9 Å². The second kappa shape index (κ2) is 10.6. The number of hydrogen-bond acceptors (Lipinski definition) is 5. The molecular weight excluding hydrogens is 498 g/mol. The molecule has 0 unspecified atom stereocenters. The third kappa shape index (κ3) is 6.71. The number of carbonyl (C=O) groups is 1. The normalized spacial score (nSPS) is 15.4. The SMILES string of the molecule is CCCNC1=NC(=O)/C(=C\c2ccc(OCc3ccc(C(F)(F)F)cc3C(F)(F)F)c(OC)c2)S1. The van der Waals surface area contributed by atoms with Crippen LogP contribution >= 0.6 is 11.8 Å². The Morgan fingerprint density at radius 1 is 1.03 bits per heavy atom. The molecule has 0 spiro atoms. The van der Waals surface area contributed by atoms with Crippen molar-refractivity contribution < 1.29 is 40.6 Å². The van der Waals surface area contributed by atoms with Gasteiger partial charge in [-0.05, 0) is 54.1 Å². The van der Waals surface area contributed by atoms with E-state index in [1.165, 1.54) is 31.0 Å². The number of nitrogens with zero attached hydrogens (tertiary/aromatic N) is 1. The Morgan fingerprint density at radius 2 is 1.77 bits per heavy atom. The minimum absolute atomic E-state index is 0.0627. The van der Waals surface area contributed by atoms with Crippen molar-refractivity contribution in [2.45, 2.75) is 32.3 Å². The number of amidine groups is 1. The van der Waals surface area contributed by atoms with Crippen molar-refractivity contribution in [1.82, 2.24) is 5.32 Å². The van der Waals surface area contributed by atoms with Gasteiger partial charge in [0.2, 0.25) is 0 Å². The number of aliphatic imine (C=N–C) groups is 1. The van der Waals surface area contributed by atoms with Gasteiger partial charge in [0.1, 0.15) is 6.61 Å². The summed E-state index contributed by atoms with van der Waals surface area (Å²) < 4.78 is 89.4. The maximum Gasteiger partial charge on any atom is 0.416 e. The minimum Gasteiger partial charge on any atom is -0.493 e. The number of thioether (sulfide) groups is 1. The molecule has 0 bridgehead atoms. The van der Waals surface area contributed by atoms with E-state index < -0.39 is 41.6 Å². The average Bonchev–Trinajstić information content (AvgIpc) is 3.14. The zero-order valence-corrected chi connectivity index (χ0v) is 19.3. The predicted octanol–water partition coefficient (Wildman–Crippen LogP) is 6.28. The molecule has 0 radical (unpaired) electrons. The highest BCUT2D eigenvalue weighted by Crippen LogP contribution is 2.38. The molecule has 0 saturated carbocycles. The van der Waals surface area contributed by atoms with Crippen LogP contribution in [0.15, 0.2) is 46.3 Å². The van der Waals surface area contributed by atoms with E-state index in [2.05, 4.69) is 10.3 Å². The van der Waals surface area contributed by atoms with E-state index in [1.54, 1.807) is 12.1 Å². The van der Waals surface area contributed by atoms with Crippen LogP contribution in [0.25, 0.3) is 6.08 Å². The average molecular weight is 518 g/mol. The molecule has 3 rings (SSSR count). The van der Waals surface area contributed by atoms with E-state index in [4.69, 9.17) is 9.47 Å². The van der Waals surface area contributed by atoms with Gasteiger partial charge < -0.3 is 14.8 Å². The summed E-state index contributed by atoms with van der Waals surface area (Å²) in [6, 6.07) is 5.89. The van der Waals surface area contributed by atoms with Crippen LogP contribution in [0, 0.1) is 0 Å². The number of amides is 1. The number of alkyl halides is 6. The van der Waals surface area contributed by atoms with E-state index in [0.29, 0.717) is 28.2 Å². The van der Waals surface area contributed by atoms with E-state index >= 15 is 0 Å². The van der Waals surface area contributed by atoms with Crippen LogP contribution in [0.4, 0.5) is 26.3 Å². The molecular formula is C23H20F6N2O3S. The molecule has 35 heavy (non-hydrogen) atoms. The summed E-state index contributed by atoms with van der Waals surface area (Å²) in [7, 11) is 1.32. The summed E-state index contributed by atoms with van der Waals surface area (Å²) in [5, 5.41) is 3.52.